The summed E-state index contributed by atoms with van der Waals surface area (Å²) >= 11 is 4.59. The average molecular weight is 494 g/mol. The van der Waals surface area contributed by atoms with Crippen LogP contribution in [0.2, 0.25) is 0 Å². The molecule has 0 aliphatic rings. The van der Waals surface area contributed by atoms with E-state index in [1.807, 2.05) is 6.07 Å². The second-order valence-corrected chi connectivity index (χ2v) is 8.38. The highest BCUT2D eigenvalue weighted by Crippen LogP contribution is 2.20. The SMILES string of the molecule is COCCn1c(SCC(=O)NCCc2ccc(F)cc2)nc2ccc(Br)cc2c1=O. The van der Waals surface area contributed by atoms with E-state index >= 15 is 0 Å². The van der Waals surface area contributed by atoms with E-state index in [0.29, 0.717) is 42.2 Å². The third-order valence-electron chi connectivity index (χ3n) is 4.38. The van der Waals surface area contributed by atoms with E-state index in [0.717, 1.165) is 10.0 Å². The van der Waals surface area contributed by atoms with E-state index in [1.54, 1.807) is 31.4 Å². The van der Waals surface area contributed by atoms with Crippen LogP contribution in [0.15, 0.2) is 56.9 Å². The second-order valence-electron chi connectivity index (χ2n) is 6.52. The van der Waals surface area contributed by atoms with Crippen molar-refractivity contribution in [2.24, 2.45) is 0 Å². The smallest absolute Gasteiger partial charge is 0.262 e. The maximum atomic E-state index is 12.9. The van der Waals surface area contributed by atoms with Gasteiger partial charge in [0.1, 0.15) is 5.82 Å². The molecule has 9 heteroatoms. The van der Waals surface area contributed by atoms with Crippen molar-refractivity contribution in [2.75, 3.05) is 26.0 Å². The molecule has 0 fully saturated rings. The molecule has 3 rings (SSSR count). The molecule has 0 spiro atoms. The van der Waals surface area contributed by atoms with Gasteiger partial charge in [0.2, 0.25) is 5.91 Å². The number of methoxy groups -OCH3 is 1. The molecule has 0 saturated heterocycles. The highest BCUT2D eigenvalue weighted by atomic mass is 79.9. The van der Waals surface area contributed by atoms with E-state index < -0.39 is 0 Å². The van der Waals surface area contributed by atoms with Crippen LogP contribution >= 0.6 is 27.7 Å². The summed E-state index contributed by atoms with van der Waals surface area (Å²) in [6, 6.07) is 11.5. The average Bonchev–Trinajstić information content (AvgIpc) is 2.73. The van der Waals surface area contributed by atoms with Gasteiger partial charge in [-0.2, -0.15) is 0 Å². The maximum absolute atomic E-state index is 12.9. The summed E-state index contributed by atoms with van der Waals surface area (Å²) < 4.78 is 20.4. The molecule has 6 nitrogen and oxygen atoms in total. The van der Waals surface area contributed by atoms with Gasteiger partial charge in [-0.25, -0.2) is 9.37 Å². The van der Waals surface area contributed by atoms with Crippen LogP contribution in [0.1, 0.15) is 5.56 Å². The molecule has 0 radical (unpaired) electrons. The summed E-state index contributed by atoms with van der Waals surface area (Å²) in [7, 11) is 1.57. The first-order chi connectivity index (χ1) is 14.5. The van der Waals surface area contributed by atoms with Gasteiger partial charge < -0.3 is 10.1 Å². The highest BCUT2D eigenvalue weighted by Gasteiger charge is 2.13. The van der Waals surface area contributed by atoms with Gasteiger partial charge in [-0.3, -0.25) is 14.2 Å². The number of hydrogen-bond donors (Lipinski definition) is 1. The fraction of sp³-hybridized carbons (Fsp3) is 0.286. The molecule has 1 aromatic heterocycles. The minimum absolute atomic E-state index is 0.130. The van der Waals surface area contributed by atoms with Crippen LogP contribution in [0, 0.1) is 5.82 Å². The first-order valence-electron chi connectivity index (χ1n) is 9.31. The van der Waals surface area contributed by atoms with E-state index in [9.17, 15) is 14.0 Å². The molecule has 2 aromatic carbocycles. The monoisotopic (exact) mass is 493 g/mol. The number of amides is 1. The Morgan fingerprint density at radius 2 is 2.03 bits per heavy atom. The maximum Gasteiger partial charge on any atom is 0.262 e. The Morgan fingerprint density at radius 1 is 1.27 bits per heavy atom. The third-order valence-corrected chi connectivity index (χ3v) is 5.85. The zero-order valence-electron chi connectivity index (χ0n) is 16.4. The van der Waals surface area contributed by atoms with Crippen LogP contribution in [0.4, 0.5) is 4.39 Å². The zero-order chi connectivity index (χ0) is 21.5. The summed E-state index contributed by atoms with van der Waals surface area (Å²) in [5.41, 5.74) is 1.36. The number of fused-ring (bicyclic) bond motifs is 1. The quantitative estimate of drug-likeness (QED) is 0.365. The first-order valence-corrected chi connectivity index (χ1v) is 11.1. The van der Waals surface area contributed by atoms with Crippen LogP contribution in [-0.4, -0.2) is 41.5 Å². The van der Waals surface area contributed by atoms with Crippen molar-refractivity contribution in [3.8, 4) is 0 Å². The lowest BCUT2D eigenvalue weighted by molar-refractivity contribution is -0.118. The lowest BCUT2D eigenvalue weighted by atomic mass is 10.1. The minimum atomic E-state index is -0.283. The van der Waals surface area contributed by atoms with Crippen LogP contribution < -0.4 is 10.9 Å². The molecule has 0 aliphatic heterocycles. The van der Waals surface area contributed by atoms with Crippen LogP contribution in [0.3, 0.4) is 0 Å². The number of nitrogens with one attached hydrogen (secondary N) is 1. The Kier molecular flexibility index (Phi) is 8.01. The molecule has 0 unspecified atom stereocenters. The van der Waals surface area contributed by atoms with Crippen molar-refractivity contribution in [1.29, 1.82) is 0 Å². The summed E-state index contributed by atoms with van der Waals surface area (Å²) in [5, 5.41) is 3.82. The largest absolute Gasteiger partial charge is 0.383 e. The van der Waals surface area contributed by atoms with Gasteiger partial charge in [-0.15, -0.1) is 0 Å². The Bertz CT molecular complexity index is 1090. The molecule has 0 bridgehead atoms. The van der Waals surface area contributed by atoms with Gasteiger partial charge in [-0.1, -0.05) is 39.8 Å². The zero-order valence-corrected chi connectivity index (χ0v) is 18.8. The van der Waals surface area contributed by atoms with Gasteiger partial charge in [0.15, 0.2) is 5.16 Å². The predicted octanol–water partition coefficient (Wildman–Crippen LogP) is 3.40. The molecule has 0 saturated carbocycles. The van der Waals surface area contributed by atoms with Crippen molar-refractivity contribution in [3.05, 3.63) is 68.7 Å². The number of benzene rings is 2. The van der Waals surface area contributed by atoms with Gasteiger partial charge in [0, 0.05) is 18.1 Å². The Labute approximate surface area is 186 Å². The lowest BCUT2D eigenvalue weighted by Crippen LogP contribution is -2.29. The topological polar surface area (TPSA) is 73.2 Å². The molecule has 0 atom stereocenters. The number of carbonyl (C=O) groups excluding carboxylic acids is 1. The molecule has 1 N–H and O–H groups in total. The van der Waals surface area contributed by atoms with Crippen molar-refractivity contribution in [3.63, 3.8) is 0 Å². The normalized spacial score (nSPS) is 11.0. The fourth-order valence-corrected chi connectivity index (χ4v) is 4.06. The summed E-state index contributed by atoms with van der Waals surface area (Å²) in [6.07, 6.45) is 0.609. The third kappa shape index (κ3) is 5.90. The summed E-state index contributed by atoms with van der Waals surface area (Å²) in [4.78, 5) is 29.7. The number of halogens is 2. The first kappa shape index (κ1) is 22.5. The van der Waals surface area contributed by atoms with E-state index in [4.69, 9.17) is 4.74 Å². The molecule has 3 aromatic rings. The van der Waals surface area contributed by atoms with E-state index in [-0.39, 0.29) is 23.0 Å². The number of thioether (sulfide) groups is 1. The Hall–Kier alpha value is -2.23. The molecule has 1 amide bonds. The molecule has 0 aliphatic carbocycles. The van der Waals surface area contributed by atoms with Crippen molar-refractivity contribution in [1.82, 2.24) is 14.9 Å². The van der Waals surface area contributed by atoms with Gasteiger partial charge >= 0.3 is 0 Å². The predicted molar refractivity (Wildman–Crippen MR) is 119 cm³/mol. The molecule has 30 heavy (non-hydrogen) atoms. The molecule has 158 valence electrons. The van der Waals surface area contributed by atoms with E-state index in [1.165, 1.54) is 28.5 Å². The minimum Gasteiger partial charge on any atom is -0.383 e. The standard InChI is InChI=1S/C21H21BrFN3O3S/c1-29-11-10-26-20(28)17-12-15(22)4-7-18(17)25-21(26)30-13-19(27)24-9-8-14-2-5-16(23)6-3-14/h2-7,12H,8-11,13H2,1H3,(H,24,27). The Morgan fingerprint density at radius 3 is 2.77 bits per heavy atom. The fourth-order valence-electron chi connectivity index (χ4n) is 2.84. The van der Waals surface area contributed by atoms with E-state index in [2.05, 4.69) is 26.2 Å². The van der Waals surface area contributed by atoms with Crippen molar-refractivity contribution >= 4 is 44.5 Å². The Balaban J connectivity index is 1.66. The molecule has 1 heterocycles. The van der Waals surface area contributed by atoms with Crippen LogP contribution in [-0.2, 0) is 22.5 Å². The van der Waals surface area contributed by atoms with Crippen LogP contribution in [0.5, 0.6) is 0 Å². The van der Waals surface area contributed by atoms with Crippen molar-refractivity contribution in [2.45, 2.75) is 18.1 Å². The van der Waals surface area contributed by atoms with Crippen LogP contribution in [0.25, 0.3) is 10.9 Å². The summed E-state index contributed by atoms with van der Waals surface area (Å²) in [5.74, 6) is -0.315. The number of carbonyl (C=O) groups is 1. The van der Waals surface area contributed by atoms with Gasteiger partial charge in [0.25, 0.3) is 5.56 Å². The lowest BCUT2D eigenvalue weighted by Gasteiger charge is -2.13. The number of ether oxygens (including phenoxy) is 1. The number of aromatic nitrogens is 2. The van der Waals surface area contributed by atoms with Crippen molar-refractivity contribution < 1.29 is 13.9 Å². The number of nitrogens with zero attached hydrogens (tertiary/aromatic N) is 2. The number of rotatable bonds is 9. The van der Waals surface area contributed by atoms with Gasteiger partial charge in [-0.05, 0) is 42.3 Å². The summed E-state index contributed by atoms with van der Waals surface area (Å²) in [6.45, 7) is 1.15. The number of hydrogen-bond acceptors (Lipinski definition) is 5. The second kappa shape index (κ2) is 10.7. The highest BCUT2D eigenvalue weighted by molar-refractivity contribution is 9.10. The van der Waals surface area contributed by atoms with Gasteiger partial charge in [0.05, 0.1) is 29.8 Å². The molecular formula is C21H21BrFN3O3S. The molecular weight excluding hydrogens is 473 g/mol.